The first-order valence-corrected chi connectivity index (χ1v) is 6.74. The molecule has 5 heteroatoms. The zero-order chi connectivity index (χ0) is 13.7. The van der Waals surface area contributed by atoms with Crippen LogP contribution in [0.5, 0.6) is 5.75 Å². The zero-order valence-corrected chi connectivity index (χ0v) is 11.3. The van der Waals surface area contributed by atoms with Crippen molar-refractivity contribution >= 4 is 17.4 Å². The lowest BCUT2D eigenvalue weighted by atomic mass is 10.3. The van der Waals surface area contributed by atoms with Crippen LogP contribution in [0.25, 0.3) is 0 Å². The van der Waals surface area contributed by atoms with Gasteiger partial charge in [-0.25, -0.2) is 4.79 Å². The van der Waals surface area contributed by atoms with Crippen LogP contribution in [-0.4, -0.2) is 29.7 Å². The number of aliphatic hydroxyl groups is 1. The molecule has 0 saturated carbocycles. The molecule has 0 aliphatic carbocycles. The first kappa shape index (κ1) is 13.6. The summed E-state index contributed by atoms with van der Waals surface area (Å²) in [6.45, 7) is 0.201. The number of benzene rings is 1. The summed E-state index contributed by atoms with van der Waals surface area (Å²) in [4.78, 5) is 14.0. The molecule has 1 N–H and O–H groups in total. The number of carbonyl (C=O) groups excluding carboxylic acids is 1. The van der Waals surface area contributed by atoms with Gasteiger partial charge in [-0.3, -0.25) is 0 Å². The van der Waals surface area contributed by atoms with E-state index >= 15 is 0 Å². The predicted octanol–water partition coefficient (Wildman–Crippen LogP) is 2.91. The Kier molecular flexibility index (Phi) is 4.54. The molecule has 1 aromatic heterocycles. The predicted molar refractivity (Wildman–Crippen MR) is 74.4 cm³/mol. The first-order chi connectivity index (χ1) is 9.16. The summed E-state index contributed by atoms with van der Waals surface area (Å²) in [5.74, 6) is 0.491. The van der Waals surface area contributed by atoms with E-state index < -0.39 is 12.2 Å². The molecule has 0 aliphatic heterocycles. The van der Waals surface area contributed by atoms with Gasteiger partial charge >= 0.3 is 6.09 Å². The number of aliphatic hydroxyl groups excluding tert-OH is 1. The van der Waals surface area contributed by atoms with E-state index in [2.05, 4.69) is 0 Å². The number of carbonyl (C=O) groups is 1. The van der Waals surface area contributed by atoms with Crippen molar-refractivity contribution in [2.45, 2.75) is 6.10 Å². The lowest BCUT2D eigenvalue weighted by Crippen LogP contribution is -2.33. The van der Waals surface area contributed by atoms with Gasteiger partial charge in [-0.1, -0.05) is 24.3 Å². The van der Waals surface area contributed by atoms with Crippen molar-refractivity contribution in [3.05, 3.63) is 52.7 Å². The average molecular weight is 277 g/mol. The lowest BCUT2D eigenvalue weighted by Gasteiger charge is -2.19. The topological polar surface area (TPSA) is 49.8 Å². The van der Waals surface area contributed by atoms with Crippen LogP contribution in [0.2, 0.25) is 0 Å². The second-order valence-electron chi connectivity index (χ2n) is 4.09. The molecule has 0 aliphatic rings. The number of ether oxygens (including phenoxy) is 1. The molecule has 1 atom stereocenters. The van der Waals surface area contributed by atoms with Gasteiger partial charge < -0.3 is 14.7 Å². The van der Waals surface area contributed by atoms with Crippen LogP contribution in [0.15, 0.2) is 47.8 Å². The first-order valence-electron chi connectivity index (χ1n) is 5.86. The monoisotopic (exact) mass is 277 g/mol. The quantitative estimate of drug-likeness (QED) is 0.934. The van der Waals surface area contributed by atoms with Gasteiger partial charge in [0.25, 0.3) is 0 Å². The van der Waals surface area contributed by atoms with Crippen LogP contribution in [0.4, 0.5) is 4.79 Å². The molecule has 0 radical (unpaired) electrons. The normalized spacial score (nSPS) is 11.9. The van der Waals surface area contributed by atoms with Gasteiger partial charge in [0.15, 0.2) is 0 Å². The van der Waals surface area contributed by atoms with Crippen molar-refractivity contribution in [1.29, 1.82) is 0 Å². The maximum atomic E-state index is 11.8. The zero-order valence-electron chi connectivity index (χ0n) is 10.5. The third-order valence-corrected chi connectivity index (χ3v) is 3.55. The Morgan fingerprint density at radius 3 is 2.68 bits per heavy atom. The van der Waals surface area contributed by atoms with Crippen LogP contribution < -0.4 is 4.74 Å². The smallest absolute Gasteiger partial charge is 0.410 e. The standard InChI is InChI=1S/C14H15NO3S/c1-15(10-12(16)13-8-5-9-19-13)14(17)18-11-6-3-2-4-7-11/h2-9,12,16H,10H2,1H3. The molecule has 1 unspecified atom stereocenters. The minimum absolute atomic E-state index is 0.201. The van der Waals surface area contributed by atoms with Crippen molar-refractivity contribution in [3.8, 4) is 5.75 Å². The SMILES string of the molecule is CN(CC(O)c1cccs1)C(=O)Oc1ccccc1. The Balaban J connectivity index is 1.89. The molecular weight excluding hydrogens is 262 g/mol. The van der Waals surface area contributed by atoms with Crippen LogP contribution >= 0.6 is 11.3 Å². The van der Waals surface area contributed by atoms with Gasteiger partial charge in [-0.2, -0.15) is 0 Å². The third kappa shape index (κ3) is 3.81. The van der Waals surface area contributed by atoms with Gasteiger partial charge in [0.05, 0.1) is 6.54 Å². The fourth-order valence-electron chi connectivity index (χ4n) is 1.57. The largest absolute Gasteiger partial charge is 0.415 e. The van der Waals surface area contributed by atoms with E-state index in [0.717, 1.165) is 4.88 Å². The van der Waals surface area contributed by atoms with Gasteiger partial charge in [-0.05, 0) is 23.6 Å². The van der Waals surface area contributed by atoms with E-state index in [4.69, 9.17) is 4.74 Å². The minimum atomic E-state index is -0.687. The Bertz CT molecular complexity index is 513. The summed E-state index contributed by atoms with van der Waals surface area (Å²) in [7, 11) is 1.60. The van der Waals surface area contributed by atoms with Crippen molar-refractivity contribution in [2.24, 2.45) is 0 Å². The maximum Gasteiger partial charge on any atom is 0.415 e. The van der Waals surface area contributed by atoms with Gasteiger partial charge in [0, 0.05) is 11.9 Å². The summed E-state index contributed by atoms with van der Waals surface area (Å²) in [6.07, 6.45) is -1.17. The highest BCUT2D eigenvalue weighted by molar-refractivity contribution is 7.10. The Morgan fingerprint density at radius 1 is 1.32 bits per heavy atom. The number of thiophene rings is 1. The number of hydrogen-bond donors (Lipinski definition) is 1. The Labute approximate surface area is 115 Å². The second kappa shape index (κ2) is 6.36. The highest BCUT2D eigenvalue weighted by Crippen LogP contribution is 2.19. The van der Waals surface area contributed by atoms with Gasteiger partial charge in [0.2, 0.25) is 0 Å². The van der Waals surface area contributed by atoms with Gasteiger partial charge in [-0.15, -0.1) is 11.3 Å². The maximum absolute atomic E-state index is 11.8. The number of nitrogens with zero attached hydrogens (tertiary/aromatic N) is 1. The summed E-state index contributed by atoms with van der Waals surface area (Å²) in [5.41, 5.74) is 0. The molecule has 19 heavy (non-hydrogen) atoms. The lowest BCUT2D eigenvalue weighted by molar-refractivity contribution is 0.114. The van der Waals surface area contributed by atoms with Crippen LogP contribution in [0.3, 0.4) is 0 Å². The number of amides is 1. The highest BCUT2D eigenvalue weighted by Gasteiger charge is 2.17. The van der Waals surface area contributed by atoms with Crippen LogP contribution in [0, 0.1) is 0 Å². The molecule has 4 nitrogen and oxygen atoms in total. The molecule has 1 amide bonds. The second-order valence-corrected chi connectivity index (χ2v) is 5.07. The van der Waals surface area contributed by atoms with Crippen molar-refractivity contribution in [2.75, 3.05) is 13.6 Å². The van der Waals surface area contributed by atoms with Crippen LogP contribution in [0.1, 0.15) is 11.0 Å². The fraction of sp³-hybridized carbons (Fsp3) is 0.214. The van der Waals surface area contributed by atoms with E-state index in [1.165, 1.54) is 16.2 Å². The van der Waals surface area contributed by atoms with Crippen molar-refractivity contribution in [1.82, 2.24) is 4.90 Å². The third-order valence-electron chi connectivity index (χ3n) is 2.58. The van der Waals surface area contributed by atoms with E-state index in [1.807, 2.05) is 23.6 Å². The summed E-state index contributed by atoms with van der Waals surface area (Å²) < 4.78 is 5.17. The molecule has 0 fully saturated rings. The summed E-state index contributed by atoms with van der Waals surface area (Å²) in [5, 5.41) is 11.8. The fourth-order valence-corrected chi connectivity index (χ4v) is 2.28. The number of para-hydroxylation sites is 1. The van der Waals surface area contributed by atoms with E-state index in [9.17, 15) is 9.90 Å². The van der Waals surface area contributed by atoms with E-state index in [0.29, 0.717) is 5.75 Å². The summed E-state index contributed by atoms with van der Waals surface area (Å²) >= 11 is 1.46. The molecule has 0 saturated heterocycles. The molecule has 2 rings (SSSR count). The Hall–Kier alpha value is -1.85. The number of likely N-dealkylation sites (N-methyl/N-ethyl adjacent to an activating group) is 1. The summed E-state index contributed by atoms with van der Waals surface area (Å²) in [6, 6.07) is 12.6. The van der Waals surface area contributed by atoms with E-state index in [-0.39, 0.29) is 6.54 Å². The molecule has 0 bridgehead atoms. The van der Waals surface area contributed by atoms with Gasteiger partial charge in [0.1, 0.15) is 11.9 Å². The molecule has 1 aromatic carbocycles. The molecule has 0 spiro atoms. The van der Waals surface area contributed by atoms with E-state index in [1.54, 1.807) is 31.3 Å². The molecule has 2 aromatic rings. The van der Waals surface area contributed by atoms with Crippen molar-refractivity contribution < 1.29 is 14.6 Å². The average Bonchev–Trinajstić information content (AvgIpc) is 2.93. The van der Waals surface area contributed by atoms with Crippen LogP contribution in [-0.2, 0) is 0 Å². The molecular formula is C14H15NO3S. The number of hydrogen-bond acceptors (Lipinski definition) is 4. The molecule has 100 valence electrons. The minimum Gasteiger partial charge on any atom is -0.410 e. The molecule has 1 heterocycles. The Morgan fingerprint density at radius 2 is 2.05 bits per heavy atom. The highest BCUT2D eigenvalue weighted by atomic mass is 32.1. The number of rotatable bonds is 4. The van der Waals surface area contributed by atoms with Crippen molar-refractivity contribution in [3.63, 3.8) is 0 Å².